The topological polar surface area (TPSA) is 88.3 Å². The molecule has 23 heavy (non-hydrogen) atoms. The first kappa shape index (κ1) is 19.4. The van der Waals surface area contributed by atoms with Crippen molar-refractivity contribution in [1.29, 1.82) is 0 Å². The zero-order valence-electron chi connectivity index (χ0n) is 12.8. The van der Waals surface area contributed by atoms with Gasteiger partial charge < -0.3 is 9.72 Å². The van der Waals surface area contributed by atoms with Crippen molar-refractivity contribution in [2.75, 3.05) is 6.61 Å². The molecule has 1 aromatic heterocycles. The maximum atomic E-state index is 14.2. The Kier molecular flexibility index (Phi) is 5.16. The predicted octanol–water partition coefficient (Wildman–Crippen LogP) is 2.26. The van der Waals surface area contributed by atoms with E-state index in [9.17, 15) is 30.8 Å². The molecule has 0 aliphatic rings. The lowest BCUT2D eigenvalue weighted by molar-refractivity contribution is -0.180. The Morgan fingerprint density at radius 1 is 1.30 bits per heavy atom. The summed E-state index contributed by atoms with van der Waals surface area (Å²) in [7, 11) is -4.87. The maximum absolute atomic E-state index is 14.2. The van der Waals surface area contributed by atoms with Crippen molar-refractivity contribution in [2.24, 2.45) is 0 Å². The second-order valence-corrected chi connectivity index (χ2v) is 6.84. The van der Waals surface area contributed by atoms with Gasteiger partial charge in [0.15, 0.2) is 11.5 Å². The fourth-order valence-corrected chi connectivity index (χ4v) is 3.37. The van der Waals surface area contributed by atoms with Crippen LogP contribution in [0, 0.1) is 12.7 Å². The van der Waals surface area contributed by atoms with Crippen LogP contribution in [0.15, 0.2) is 4.90 Å². The first-order valence-electron chi connectivity index (χ1n) is 6.40. The van der Waals surface area contributed by atoms with Crippen LogP contribution in [-0.4, -0.2) is 37.7 Å². The molecule has 0 fully saturated rings. The Hall–Kier alpha value is -1.62. The first-order valence-corrected chi connectivity index (χ1v) is 7.88. The summed E-state index contributed by atoms with van der Waals surface area (Å²) in [5.41, 5.74) is -3.92. The van der Waals surface area contributed by atoms with E-state index in [0.717, 1.165) is 6.92 Å². The molecule has 0 saturated heterocycles. The van der Waals surface area contributed by atoms with E-state index >= 15 is 0 Å². The van der Waals surface area contributed by atoms with Crippen LogP contribution in [0.2, 0.25) is 0 Å². The summed E-state index contributed by atoms with van der Waals surface area (Å²) in [6, 6.07) is 0. The smallest absolute Gasteiger partial charge is 0.407 e. The van der Waals surface area contributed by atoms with Crippen LogP contribution >= 0.6 is 0 Å². The van der Waals surface area contributed by atoms with Gasteiger partial charge in [0.25, 0.3) is 0 Å². The predicted molar refractivity (Wildman–Crippen MR) is 71.9 cm³/mol. The number of nitrogens with one attached hydrogen (secondary N) is 2. The van der Waals surface area contributed by atoms with Gasteiger partial charge in [-0.05, 0) is 27.7 Å². The number of carbonyl (C=O) groups is 1. The third-order valence-electron chi connectivity index (χ3n) is 2.92. The lowest BCUT2D eigenvalue weighted by Crippen LogP contribution is -2.54. The molecule has 2 N–H and O–H groups in total. The molecule has 132 valence electrons. The lowest BCUT2D eigenvalue weighted by Gasteiger charge is -2.28. The maximum Gasteiger partial charge on any atom is 0.407 e. The van der Waals surface area contributed by atoms with Crippen molar-refractivity contribution in [3.63, 3.8) is 0 Å². The number of ether oxygens (including phenoxy) is 1. The highest BCUT2D eigenvalue weighted by molar-refractivity contribution is 7.89. The highest BCUT2D eigenvalue weighted by Crippen LogP contribution is 2.32. The van der Waals surface area contributed by atoms with Crippen molar-refractivity contribution < 1.29 is 35.5 Å². The molecule has 11 heteroatoms. The number of alkyl halides is 3. The number of sulfonamides is 1. The van der Waals surface area contributed by atoms with Crippen LogP contribution in [0.4, 0.5) is 17.6 Å². The van der Waals surface area contributed by atoms with Crippen LogP contribution in [0.25, 0.3) is 0 Å². The Morgan fingerprint density at radius 3 is 2.26 bits per heavy atom. The fourth-order valence-electron chi connectivity index (χ4n) is 1.69. The number of aromatic nitrogens is 1. The Morgan fingerprint density at radius 2 is 1.83 bits per heavy atom. The molecule has 0 bridgehead atoms. The van der Waals surface area contributed by atoms with E-state index in [1.54, 1.807) is 0 Å². The summed E-state index contributed by atoms with van der Waals surface area (Å²) in [6.45, 7) is 3.67. The van der Waals surface area contributed by atoms with Crippen LogP contribution < -0.4 is 4.72 Å². The summed E-state index contributed by atoms with van der Waals surface area (Å²) < 4.78 is 82.8. The third kappa shape index (κ3) is 3.83. The van der Waals surface area contributed by atoms with Gasteiger partial charge in [0, 0.05) is 5.69 Å². The first-order chi connectivity index (χ1) is 10.2. The highest BCUT2D eigenvalue weighted by atomic mass is 32.2. The van der Waals surface area contributed by atoms with Gasteiger partial charge in [-0.3, -0.25) is 0 Å². The van der Waals surface area contributed by atoms with Gasteiger partial charge in [-0.2, -0.15) is 17.9 Å². The number of aryl methyl sites for hydroxylation is 1. The van der Waals surface area contributed by atoms with E-state index in [4.69, 9.17) is 0 Å². The average molecular weight is 360 g/mol. The number of rotatable bonds is 5. The molecule has 1 rings (SSSR count). The number of H-pyrrole nitrogens is 1. The summed E-state index contributed by atoms with van der Waals surface area (Å²) in [4.78, 5) is 12.6. The van der Waals surface area contributed by atoms with E-state index in [-0.39, 0.29) is 12.3 Å². The van der Waals surface area contributed by atoms with Gasteiger partial charge in [-0.25, -0.2) is 17.6 Å². The SMILES string of the molecule is CCOC(=O)c1[nH]c(C)c(S(=O)(=O)NC(C)(C)C(F)(F)F)c1F. The van der Waals surface area contributed by atoms with E-state index in [1.165, 1.54) is 11.6 Å². The molecule has 0 radical (unpaired) electrons. The van der Waals surface area contributed by atoms with Gasteiger partial charge in [0.2, 0.25) is 10.0 Å². The molecule has 6 nitrogen and oxygen atoms in total. The Bertz CT molecular complexity index is 707. The number of aromatic amines is 1. The van der Waals surface area contributed by atoms with E-state index in [2.05, 4.69) is 9.72 Å². The van der Waals surface area contributed by atoms with Gasteiger partial charge >= 0.3 is 12.1 Å². The second kappa shape index (κ2) is 6.11. The number of hydrogen-bond donors (Lipinski definition) is 2. The summed E-state index contributed by atoms with van der Waals surface area (Å²) in [5, 5.41) is 0. The van der Waals surface area contributed by atoms with Gasteiger partial charge in [0.05, 0.1) is 6.61 Å². The minimum absolute atomic E-state index is 0.0855. The van der Waals surface area contributed by atoms with Gasteiger partial charge in [-0.1, -0.05) is 0 Å². The quantitative estimate of drug-likeness (QED) is 0.623. The van der Waals surface area contributed by atoms with Crippen LogP contribution in [0.5, 0.6) is 0 Å². The Balaban J connectivity index is 3.33. The monoisotopic (exact) mass is 360 g/mol. The van der Waals surface area contributed by atoms with Crippen molar-refractivity contribution in [3.05, 3.63) is 17.2 Å². The molecule has 0 aliphatic heterocycles. The summed E-state index contributed by atoms with van der Waals surface area (Å²) in [5.74, 6) is -2.64. The number of carbonyl (C=O) groups excluding carboxylic acids is 1. The zero-order chi connectivity index (χ0) is 18.2. The molecule has 0 saturated carbocycles. The fraction of sp³-hybridized carbons (Fsp3) is 0.583. The molecule has 0 spiro atoms. The highest BCUT2D eigenvalue weighted by Gasteiger charge is 2.50. The third-order valence-corrected chi connectivity index (χ3v) is 4.72. The largest absolute Gasteiger partial charge is 0.461 e. The Labute approximate surface area is 130 Å². The number of halogens is 4. The minimum Gasteiger partial charge on any atom is -0.461 e. The lowest BCUT2D eigenvalue weighted by atomic mass is 10.1. The molecule has 0 atom stereocenters. The van der Waals surface area contributed by atoms with Crippen molar-refractivity contribution in [2.45, 2.75) is 44.3 Å². The van der Waals surface area contributed by atoms with Crippen molar-refractivity contribution >= 4 is 16.0 Å². The molecule has 0 aliphatic carbocycles. The van der Waals surface area contributed by atoms with Gasteiger partial charge in [0.1, 0.15) is 10.4 Å². The van der Waals surface area contributed by atoms with Crippen LogP contribution in [0.3, 0.4) is 0 Å². The van der Waals surface area contributed by atoms with E-state index < -0.39 is 44.1 Å². The standard InChI is InChI=1S/C12H16F4N2O4S/c1-5-22-10(19)8-7(13)9(6(2)17-8)23(20,21)18-11(3,4)12(14,15)16/h17-18H,5H2,1-4H3. The van der Waals surface area contributed by atoms with E-state index in [1.807, 2.05) is 0 Å². The molecule has 1 aromatic rings. The minimum atomic E-state index is -4.90. The van der Waals surface area contributed by atoms with E-state index in [0.29, 0.717) is 13.8 Å². The molecular weight excluding hydrogens is 344 g/mol. The average Bonchev–Trinajstić information content (AvgIpc) is 2.62. The molecule has 1 heterocycles. The number of esters is 1. The van der Waals surface area contributed by atoms with Gasteiger partial charge in [-0.15, -0.1) is 0 Å². The summed E-state index contributed by atoms with van der Waals surface area (Å²) in [6.07, 6.45) is -4.90. The zero-order valence-corrected chi connectivity index (χ0v) is 13.6. The molecule has 0 amide bonds. The second-order valence-electron chi connectivity index (χ2n) is 5.22. The number of hydrogen-bond acceptors (Lipinski definition) is 4. The summed E-state index contributed by atoms with van der Waals surface area (Å²) >= 11 is 0. The molecule has 0 aromatic carbocycles. The molecular formula is C12H16F4N2O4S. The van der Waals surface area contributed by atoms with Crippen molar-refractivity contribution in [1.82, 2.24) is 9.71 Å². The van der Waals surface area contributed by atoms with Crippen LogP contribution in [-0.2, 0) is 14.8 Å². The molecule has 0 unspecified atom stereocenters. The normalized spacial score (nSPS) is 13.2. The van der Waals surface area contributed by atoms with Crippen LogP contribution in [0.1, 0.15) is 37.0 Å². The van der Waals surface area contributed by atoms with Crippen molar-refractivity contribution in [3.8, 4) is 0 Å².